The molecule has 0 aliphatic rings. The summed E-state index contributed by atoms with van der Waals surface area (Å²) in [6, 6.07) is 3.63. The minimum absolute atomic E-state index is 0.129. The van der Waals surface area contributed by atoms with Crippen molar-refractivity contribution in [1.82, 2.24) is 4.67 Å². The third-order valence-electron chi connectivity index (χ3n) is 2.41. The largest absolute Gasteiger partial charge is 0.464 e. The molecule has 1 rings (SSSR count). The maximum atomic E-state index is 12.3. The van der Waals surface area contributed by atoms with Gasteiger partial charge in [-0.05, 0) is 25.5 Å². The number of nitrogens with two attached hydrogens (primary N) is 1. The monoisotopic (exact) mass is 399 g/mol. The fraction of sp³-hybridized carbons (Fsp3) is 0.667. The van der Waals surface area contributed by atoms with Gasteiger partial charge < -0.3 is 4.42 Å². The summed E-state index contributed by atoms with van der Waals surface area (Å²) < 4.78 is 24.7. The second-order valence-electron chi connectivity index (χ2n) is 4.43. The lowest BCUT2D eigenvalue weighted by atomic mass is 10.4. The number of nitrogens with zero attached hydrogens (tertiary/aromatic N) is 2. The Hall–Kier alpha value is -0.730. The van der Waals surface area contributed by atoms with Crippen molar-refractivity contribution in [2.45, 2.75) is 26.9 Å². The predicted octanol–water partition coefficient (Wildman–Crippen LogP) is 3.17. The third kappa shape index (κ3) is 9.32. The minimum atomic E-state index is -3.25. The van der Waals surface area contributed by atoms with E-state index in [1.165, 1.54) is 0 Å². The van der Waals surface area contributed by atoms with Gasteiger partial charge in [-0.15, -0.1) is 0 Å². The smallest absolute Gasteiger partial charge is 0.341 e. The summed E-state index contributed by atoms with van der Waals surface area (Å²) in [5.74, 6) is 1.43. The van der Waals surface area contributed by atoms with Crippen molar-refractivity contribution in [3.8, 4) is 0 Å². The average Bonchev–Trinajstić information content (AvgIpc) is 2.82. The molecule has 1 unspecified atom stereocenters. The van der Waals surface area contributed by atoms with E-state index in [9.17, 15) is 4.57 Å². The molecular weight excluding hydrogens is 377 g/mol. The molecule has 0 saturated carbocycles. The SMILES string of the molecule is CCCN(CCBr)P(N)(=O)OCc1ccc(C)o1.C[N+](=O)[O-]. The van der Waals surface area contributed by atoms with E-state index in [2.05, 4.69) is 15.9 Å². The summed E-state index contributed by atoms with van der Waals surface area (Å²) in [4.78, 5) is 8.31. The first-order valence-corrected chi connectivity index (χ1v) is 9.47. The molecule has 1 aromatic rings. The standard InChI is InChI=1S/C11H20BrN2O3P.CH3NO2/c1-3-7-14(8-6-12)18(13,15)16-9-11-5-4-10(2)17-11;1-2(3)4/h4-5H,3,6-9H2,1-2H3,(H2,13,15);1H3. The lowest BCUT2D eigenvalue weighted by Crippen LogP contribution is -2.28. The summed E-state index contributed by atoms with van der Waals surface area (Å²) >= 11 is 3.32. The van der Waals surface area contributed by atoms with Crippen LogP contribution >= 0.6 is 23.6 Å². The molecule has 0 aliphatic heterocycles. The Kier molecular flexibility index (Phi) is 10.5. The Morgan fingerprint density at radius 3 is 2.50 bits per heavy atom. The van der Waals surface area contributed by atoms with Crippen LogP contribution < -0.4 is 5.50 Å². The highest BCUT2D eigenvalue weighted by Crippen LogP contribution is 2.43. The molecular formula is C12H23BrN3O5P. The molecule has 22 heavy (non-hydrogen) atoms. The molecule has 0 amide bonds. The van der Waals surface area contributed by atoms with Gasteiger partial charge in [0.15, 0.2) is 7.05 Å². The van der Waals surface area contributed by atoms with Crippen molar-refractivity contribution < 1.29 is 18.4 Å². The highest BCUT2D eigenvalue weighted by atomic mass is 79.9. The Labute approximate surface area is 138 Å². The van der Waals surface area contributed by atoms with Crippen LogP contribution in [0.3, 0.4) is 0 Å². The van der Waals surface area contributed by atoms with Gasteiger partial charge in [0.05, 0.1) is 0 Å². The highest BCUT2D eigenvalue weighted by Gasteiger charge is 2.26. The maximum absolute atomic E-state index is 12.3. The summed E-state index contributed by atoms with van der Waals surface area (Å²) in [6.07, 6.45) is 0.872. The summed E-state index contributed by atoms with van der Waals surface area (Å²) in [5, 5.41) is 9.51. The molecule has 0 bridgehead atoms. The van der Waals surface area contributed by atoms with Gasteiger partial charge in [0.2, 0.25) is 0 Å². The number of halogens is 1. The zero-order valence-electron chi connectivity index (χ0n) is 13.0. The van der Waals surface area contributed by atoms with Gasteiger partial charge in [0.25, 0.3) is 0 Å². The van der Waals surface area contributed by atoms with Crippen molar-refractivity contribution in [3.05, 3.63) is 33.8 Å². The van der Waals surface area contributed by atoms with Gasteiger partial charge in [0, 0.05) is 23.3 Å². The lowest BCUT2D eigenvalue weighted by molar-refractivity contribution is -0.445. The van der Waals surface area contributed by atoms with Crippen LogP contribution in [0.4, 0.5) is 0 Å². The van der Waals surface area contributed by atoms with E-state index in [0.717, 1.165) is 19.2 Å². The van der Waals surface area contributed by atoms with Crippen molar-refractivity contribution in [3.63, 3.8) is 0 Å². The zero-order chi connectivity index (χ0) is 17.2. The van der Waals surface area contributed by atoms with Gasteiger partial charge in [-0.2, -0.15) is 0 Å². The average molecular weight is 400 g/mol. The van der Waals surface area contributed by atoms with E-state index >= 15 is 0 Å². The lowest BCUT2D eigenvalue weighted by Gasteiger charge is -2.26. The van der Waals surface area contributed by atoms with Crippen molar-refractivity contribution in [2.24, 2.45) is 5.50 Å². The molecule has 0 aliphatic carbocycles. The number of alkyl halides is 1. The molecule has 0 radical (unpaired) electrons. The van der Waals surface area contributed by atoms with Crippen molar-refractivity contribution in [2.75, 3.05) is 25.5 Å². The first-order chi connectivity index (χ1) is 10.2. The van der Waals surface area contributed by atoms with E-state index < -0.39 is 12.6 Å². The van der Waals surface area contributed by atoms with Crippen LogP contribution in [0.25, 0.3) is 0 Å². The minimum Gasteiger partial charge on any atom is -0.464 e. The number of aryl methyl sites for hydroxylation is 1. The molecule has 1 atom stereocenters. The number of furan rings is 1. The van der Waals surface area contributed by atoms with Gasteiger partial charge in [-0.25, -0.2) is 10.2 Å². The van der Waals surface area contributed by atoms with Crippen LogP contribution in [0.5, 0.6) is 0 Å². The molecule has 10 heteroatoms. The second-order valence-corrected chi connectivity index (χ2v) is 7.18. The first kappa shape index (κ1) is 21.3. The number of rotatable bonds is 8. The Balaban J connectivity index is 0.000000980. The van der Waals surface area contributed by atoms with Crippen LogP contribution in [0, 0.1) is 17.0 Å². The Morgan fingerprint density at radius 2 is 2.09 bits per heavy atom. The fourth-order valence-corrected chi connectivity index (χ4v) is 3.58. The van der Waals surface area contributed by atoms with Gasteiger partial charge in [0.1, 0.15) is 18.1 Å². The van der Waals surface area contributed by atoms with Crippen LogP contribution in [-0.2, 0) is 15.7 Å². The van der Waals surface area contributed by atoms with Crippen LogP contribution in [-0.4, -0.2) is 35.1 Å². The molecule has 1 aromatic heterocycles. The van der Waals surface area contributed by atoms with E-state index in [4.69, 9.17) is 24.6 Å². The highest BCUT2D eigenvalue weighted by molar-refractivity contribution is 9.09. The molecule has 0 fully saturated rings. The second kappa shape index (κ2) is 10.9. The molecule has 0 saturated heterocycles. The summed E-state index contributed by atoms with van der Waals surface area (Å²) in [5.41, 5.74) is 5.78. The molecule has 8 nitrogen and oxygen atoms in total. The van der Waals surface area contributed by atoms with E-state index in [0.29, 0.717) is 24.2 Å². The predicted molar refractivity (Wildman–Crippen MR) is 88.6 cm³/mol. The Bertz CT molecular complexity index is 487. The number of nitro groups is 1. The van der Waals surface area contributed by atoms with Crippen molar-refractivity contribution in [1.29, 1.82) is 0 Å². The van der Waals surface area contributed by atoms with E-state index in [-0.39, 0.29) is 6.61 Å². The van der Waals surface area contributed by atoms with Crippen LogP contribution in [0.15, 0.2) is 16.5 Å². The zero-order valence-corrected chi connectivity index (χ0v) is 15.5. The number of hydrogen-bond acceptors (Lipinski definition) is 5. The van der Waals surface area contributed by atoms with Gasteiger partial charge >= 0.3 is 7.67 Å². The molecule has 2 N–H and O–H groups in total. The van der Waals surface area contributed by atoms with E-state index in [1.807, 2.05) is 19.9 Å². The molecule has 0 aromatic carbocycles. The molecule has 1 heterocycles. The quantitative estimate of drug-likeness (QED) is 0.309. The topological polar surface area (TPSA) is 112 Å². The summed E-state index contributed by atoms with van der Waals surface area (Å²) in [7, 11) is -2.36. The third-order valence-corrected chi connectivity index (χ3v) is 4.45. The fourth-order valence-electron chi connectivity index (χ4n) is 1.55. The first-order valence-electron chi connectivity index (χ1n) is 6.70. The van der Waals surface area contributed by atoms with E-state index in [1.54, 1.807) is 10.7 Å². The normalized spacial score (nSPS) is 13.4. The van der Waals surface area contributed by atoms with Crippen LogP contribution in [0.1, 0.15) is 24.9 Å². The summed E-state index contributed by atoms with van der Waals surface area (Å²) in [6.45, 7) is 5.23. The van der Waals surface area contributed by atoms with Gasteiger partial charge in [-0.1, -0.05) is 22.9 Å². The Morgan fingerprint density at radius 1 is 1.50 bits per heavy atom. The maximum Gasteiger partial charge on any atom is 0.341 e. The van der Waals surface area contributed by atoms with Crippen LogP contribution in [0.2, 0.25) is 0 Å². The molecule has 0 spiro atoms. The molecule has 128 valence electrons. The van der Waals surface area contributed by atoms with Crippen molar-refractivity contribution >= 4 is 23.6 Å². The van der Waals surface area contributed by atoms with Gasteiger partial charge in [-0.3, -0.25) is 19.2 Å². The number of hydrogen-bond donors (Lipinski definition) is 1.